The number of halogens is 1. The van der Waals surface area contributed by atoms with E-state index in [1.807, 2.05) is 6.07 Å². The minimum Gasteiger partial charge on any atom is -0.495 e. The summed E-state index contributed by atoms with van der Waals surface area (Å²) in [6.07, 6.45) is -1.20. The summed E-state index contributed by atoms with van der Waals surface area (Å²) in [5, 5.41) is 11.6. The zero-order chi connectivity index (χ0) is 24.8. The number of methoxy groups -OCH3 is 1. The van der Waals surface area contributed by atoms with Crippen molar-refractivity contribution in [1.29, 1.82) is 5.26 Å². The third-order valence-corrected chi connectivity index (χ3v) is 7.12. The minimum absolute atomic E-state index is 0.0531. The number of sulfonamides is 1. The molecule has 1 N–H and O–H groups in total. The summed E-state index contributed by atoms with van der Waals surface area (Å²) < 4.78 is 37.5. The fraction of sp³-hybridized carbons (Fsp3) is 0.318. The molecule has 0 saturated heterocycles. The van der Waals surface area contributed by atoms with Gasteiger partial charge in [0, 0.05) is 18.8 Å². The first-order valence-electron chi connectivity index (χ1n) is 9.98. The van der Waals surface area contributed by atoms with E-state index in [-0.39, 0.29) is 39.9 Å². The Kier molecular flexibility index (Phi) is 8.82. The van der Waals surface area contributed by atoms with Gasteiger partial charge in [0.25, 0.3) is 5.91 Å². The summed E-state index contributed by atoms with van der Waals surface area (Å²) in [7, 11) is -2.58. The molecule has 0 heterocycles. The van der Waals surface area contributed by atoms with Gasteiger partial charge in [-0.05, 0) is 43.3 Å². The van der Waals surface area contributed by atoms with E-state index < -0.39 is 28.0 Å². The predicted molar refractivity (Wildman–Crippen MR) is 123 cm³/mol. The lowest BCUT2D eigenvalue weighted by Crippen LogP contribution is -2.31. The second kappa shape index (κ2) is 11.1. The van der Waals surface area contributed by atoms with Crippen LogP contribution < -0.4 is 10.1 Å². The lowest BCUT2D eigenvalue weighted by Gasteiger charge is -2.20. The van der Waals surface area contributed by atoms with E-state index in [0.29, 0.717) is 5.69 Å². The van der Waals surface area contributed by atoms with E-state index in [9.17, 15) is 18.0 Å². The molecule has 2 aromatic rings. The molecule has 0 radical (unpaired) electrons. The highest BCUT2D eigenvalue weighted by atomic mass is 35.5. The standard InChI is InChI=1S/C22H24ClN3O6S/c1-5-26(6-2)33(29,30)20-11-15(8-10-19(20)31-4)22(28)32-14(3)21(27)25-17-9-7-16(13-24)18(23)12-17/h7-12,14H,5-6H2,1-4H3,(H,25,27). The van der Waals surface area contributed by atoms with Crippen LogP contribution in [0.4, 0.5) is 5.69 Å². The zero-order valence-corrected chi connectivity index (χ0v) is 20.2. The maximum absolute atomic E-state index is 13.0. The predicted octanol–water partition coefficient (Wildman–Crippen LogP) is 3.43. The molecule has 0 aliphatic carbocycles. The van der Waals surface area contributed by atoms with Crippen molar-refractivity contribution in [2.45, 2.75) is 31.8 Å². The van der Waals surface area contributed by atoms with Crippen LogP contribution in [-0.2, 0) is 19.6 Å². The Morgan fingerprint density at radius 1 is 1.18 bits per heavy atom. The molecule has 1 unspecified atom stereocenters. The van der Waals surface area contributed by atoms with Gasteiger partial charge in [-0.1, -0.05) is 25.4 Å². The quantitative estimate of drug-likeness (QED) is 0.530. The van der Waals surface area contributed by atoms with Crippen molar-refractivity contribution in [2.75, 3.05) is 25.5 Å². The largest absolute Gasteiger partial charge is 0.495 e. The highest BCUT2D eigenvalue weighted by Crippen LogP contribution is 2.28. The molecule has 1 amide bonds. The Morgan fingerprint density at radius 2 is 1.85 bits per heavy atom. The lowest BCUT2D eigenvalue weighted by atomic mass is 10.2. The van der Waals surface area contributed by atoms with Crippen LogP contribution in [0.3, 0.4) is 0 Å². The van der Waals surface area contributed by atoms with Gasteiger partial charge in [-0.15, -0.1) is 0 Å². The molecule has 176 valence electrons. The van der Waals surface area contributed by atoms with E-state index in [1.54, 1.807) is 13.8 Å². The maximum Gasteiger partial charge on any atom is 0.338 e. The first-order chi connectivity index (χ1) is 15.6. The second-order valence-corrected chi connectivity index (χ2v) is 9.11. The number of anilines is 1. The summed E-state index contributed by atoms with van der Waals surface area (Å²) in [5.41, 5.74) is 0.524. The van der Waals surface area contributed by atoms with E-state index in [2.05, 4.69) is 5.32 Å². The summed E-state index contributed by atoms with van der Waals surface area (Å²) in [4.78, 5) is 24.9. The van der Waals surface area contributed by atoms with Gasteiger partial charge in [0.1, 0.15) is 16.7 Å². The number of rotatable bonds is 9. The molecule has 0 saturated carbocycles. The van der Waals surface area contributed by atoms with Crippen LogP contribution in [0.15, 0.2) is 41.3 Å². The molecule has 0 fully saturated rings. The zero-order valence-electron chi connectivity index (χ0n) is 18.6. The highest BCUT2D eigenvalue weighted by molar-refractivity contribution is 7.89. The van der Waals surface area contributed by atoms with E-state index >= 15 is 0 Å². The van der Waals surface area contributed by atoms with Gasteiger partial charge in [0.15, 0.2) is 6.10 Å². The van der Waals surface area contributed by atoms with Crippen molar-refractivity contribution < 1.29 is 27.5 Å². The number of carbonyl (C=O) groups is 2. The van der Waals surface area contributed by atoms with Crippen molar-refractivity contribution >= 4 is 39.2 Å². The minimum atomic E-state index is -3.91. The molecular formula is C22H24ClN3O6S. The van der Waals surface area contributed by atoms with Crippen LogP contribution in [0.2, 0.25) is 5.02 Å². The highest BCUT2D eigenvalue weighted by Gasteiger charge is 2.28. The molecule has 0 bridgehead atoms. The van der Waals surface area contributed by atoms with Crippen LogP contribution in [0, 0.1) is 11.3 Å². The molecule has 0 aliphatic heterocycles. The van der Waals surface area contributed by atoms with E-state index in [0.717, 1.165) is 0 Å². The van der Waals surface area contributed by atoms with E-state index in [1.165, 1.54) is 54.7 Å². The smallest absolute Gasteiger partial charge is 0.338 e. The van der Waals surface area contributed by atoms with Gasteiger partial charge in [-0.25, -0.2) is 13.2 Å². The monoisotopic (exact) mass is 493 g/mol. The Morgan fingerprint density at radius 3 is 2.39 bits per heavy atom. The van der Waals surface area contributed by atoms with Crippen LogP contribution in [0.1, 0.15) is 36.7 Å². The van der Waals surface area contributed by atoms with Crippen molar-refractivity contribution in [3.8, 4) is 11.8 Å². The number of nitriles is 1. The number of benzene rings is 2. The molecule has 33 heavy (non-hydrogen) atoms. The first-order valence-corrected chi connectivity index (χ1v) is 11.8. The number of hydrogen-bond donors (Lipinski definition) is 1. The van der Waals surface area contributed by atoms with Gasteiger partial charge >= 0.3 is 5.97 Å². The Labute approximate surface area is 197 Å². The number of amides is 1. The fourth-order valence-electron chi connectivity index (χ4n) is 2.92. The van der Waals surface area contributed by atoms with E-state index in [4.69, 9.17) is 26.3 Å². The molecule has 0 spiro atoms. The molecule has 0 aromatic heterocycles. The number of ether oxygens (including phenoxy) is 2. The summed E-state index contributed by atoms with van der Waals surface area (Å²) >= 11 is 5.95. The Balaban J connectivity index is 2.21. The van der Waals surface area contributed by atoms with Gasteiger partial charge < -0.3 is 14.8 Å². The lowest BCUT2D eigenvalue weighted by molar-refractivity contribution is -0.123. The molecular weight excluding hydrogens is 470 g/mol. The SMILES string of the molecule is CCN(CC)S(=O)(=O)c1cc(C(=O)OC(C)C(=O)Nc2ccc(C#N)c(Cl)c2)ccc1OC. The van der Waals surface area contributed by atoms with Gasteiger partial charge in [-0.3, -0.25) is 4.79 Å². The fourth-order valence-corrected chi connectivity index (χ4v) is 4.78. The number of nitrogens with zero attached hydrogens (tertiary/aromatic N) is 2. The molecule has 9 nitrogen and oxygen atoms in total. The third kappa shape index (κ3) is 6.01. The van der Waals surface area contributed by atoms with Gasteiger partial charge in [0.2, 0.25) is 10.0 Å². The molecule has 1 atom stereocenters. The first kappa shape index (κ1) is 26.1. The summed E-state index contributed by atoms with van der Waals surface area (Å²) in [5.74, 6) is -1.43. The van der Waals surface area contributed by atoms with Crippen molar-refractivity contribution in [3.63, 3.8) is 0 Å². The molecule has 11 heteroatoms. The number of nitrogens with one attached hydrogen (secondary N) is 1. The topological polar surface area (TPSA) is 126 Å². The molecule has 2 aromatic carbocycles. The van der Waals surface area contributed by atoms with Crippen LogP contribution >= 0.6 is 11.6 Å². The summed E-state index contributed by atoms with van der Waals surface area (Å²) in [6, 6.07) is 10.1. The van der Waals surface area contributed by atoms with Crippen LogP contribution in [-0.4, -0.2) is 50.9 Å². The van der Waals surface area contributed by atoms with Crippen LogP contribution in [0.5, 0.6) is 5.75 Å². The van der Waals surface area contributed by atoms with Crippen molar-refractivity contribution in [1.82, 2.24) is 4.31 Å². The van der Waals surface area contributed by atoms with Gasteiger partial charge in [-0.2, -0.15) is 9.57 Å². The normalized spacial score (nSPS) is 12.0. The number of esters is 1. The van der Waals surface area contributed by atoms with Crippen LogP contribution in [0.25, 0.3) is 0 Å². The number of hydrogen-bond acceptors (Lipinski definition) is 7. The van der Waals surface area contributed by atoms with Crippen molar-refractivity contribution in [2.24, 2.45) is 0 Å². The maximum atomic E-state index is 13.0. The third-order valence-electron chi connectivity index (χ3n) is 4.73. The Hall–Kier alpha value is -3.13. The molecule has 0 aliphatic rings. The van der Waals surface area contributed by atoms with Gasteiger partial charge in [0.05, 0.1) is 23.3 Å². The average Bonchev–Trinajstić information content (AvgIpc) is 2.79. The molecule has 2 rings (SSSR count). The number of carbonyl (C=O) groups excluding carboxylic acids is 2. The average molecular weight is 494 g/mol. The summed E-state index contributed by atoms with van der Waals surface area (Å²) in [6.45, 7) is 5.26. The van der Waals surface area contributed by atoms with Crippen molar-refractivity contribution in [3.05, 3.63) is 52.5 Å². The second-order valence-electron chi connectivity index (χ2n) is 6.80. The Bertz CT molecular complexity index is 1190.